The molecule has 2 aromatic carbocycles. The molecule has 1 aliphatic heterocycles. The largest absolute Gasteiger partial charge is 0.504 e. The Bertz CT molecular complexity index is 1580. The predicted molar refractivity (Wildman–Crippen MR) is 155 cm³/mol. The molecule has 246 valence electrons. The van der Waals surface area contributed by atoms with E-state index in [0.29, 0.717) is 18.4 Å². The summed E-state index contributed by atoms with van der Waals surface area (Å²) in [5.74, 6) is -5.92. The molecule has 1 heterocycles. The number of rotatable bonds is 11. The lowest BCUT2D eigenvalue weighted by molar-refractivity contribution is -0.185. The molecule has 0 unspecified atom stereocenters. The normalized spacial score (nSPS) is 26.7. The molecule has 3 aliphatic rings. The summed E-state index contributed by atoms with van der Waals surface area (Å²) in [6, 6.07) is 10.2. The van der Waals surface area contributed by atoms with Crippen LogP contribution in [-0.2, 0) is 45.2 Å². The van der Waals surface area contributed by atoms with Gasteiger partial charge in [-0.25, -0.2) is 19.2 Å². The van der Waals surface area contributed by atoms with Crippen LogP contribution in [0.2, 0.25) is 0 Å². The Kier molecular flexibility index (Phi) is 8.84. The van der Waals surface area contributed by atoms with Gasteiger partial charge in [-0.15, -0.1) is 0 Å². The Hall–Kier alpha value is -4.50. The maximum absolute atomic E-state index is 13.1. The first-order chi connectivity index (χ1) is 21.8. The van der Waals surface area contributed by atoms with Crippen molar-refractivity contribution in [1.29, 1.82) is 0 Å². The van der Waals surface area contributed by atoms with Gasteiger partial charge in [-0.2, -0.15) is 0 Å². The number of aromatic hydroxyl groups is 1. The zero-order chi connectivity index (χ0) is 33.6. The number of nitrogens with one attached hydrogen (secondary N) is 1. The molecular weight excluding hydrogens is 606 g/mol. The number of ether oxygens (including phenoxy) is 4. The molecule has 0 amide bonds. The molecule has 0 bridgehead atoms. The zero-order valence-electron chi connectivity index (χ0n) is 25.2. The summed E-state index contributed by atoms with van der Waals surface area (Å²) in [5, 5.41) is 56.3. The predicted octanol–water partition coefficient (Wildman–Crippen LogP) is 0.530. The van der Waals surface area contributed by atoms with Crippen molar-refractivity contribution in [1.82, 2.24) is 5.32 Å². The third-order valence-corrected chi connectivity index (χ3v) is 9.10. The highest BCUT2D eigenvalue weighted by atomic mass is 16.6. The van der Waals surface area contributed by atoms with Gasteiger partial charge in [0.2, 0.25) is 6.10 Å². The molecule has 6 N–H and O–H groups in total. The van der Waals surface area contributed by atoms with Crippen LogP contribution < -0.4 is 10.1 Å². The van der Waals surface area contributed by atoms with Crippen LogP contribution in [0.15, 0.2) is 54.3 Å². The van der Waals surface area contributed by atoms with Crippen molar-refractivity contribution in [2.24, 2.45) is 0 Å². The molecule has 8 atom stereocenters. The number of carboxylic acids is 1. The van der Waals surface area contributed by atoms with E-state index in [1.165, 1.54) is 36.4 Å². The highest BCUT2D eigenvalue weighted by Gasteiger charge is 2.69. The summed E-state index contributed by atoms with van der Waals surface area (Å²) in [6.07, 6.45) is -7.41. The standard InChI is InChI=1S/C32H35NO13/c1-4-31-21-17-10-11-18(34)25(21)45-26(31)19(12-13-32(31,42)20(14-17)33-3)44-28(39)22(35)23(36)29(40)46-24(16-8-6-5-7-9-16)30(41)43-15(2)27(37)38/h5-12,15,20,22-24,26,33-36,42H,4,13-14H2,1-3H3,(H,37,38)/t15-,20+,22+,23+,24-,26-,31-,32+/m0/s1. The average Bonchev–Trinajstić information content (AvgIpc) is 3.42. The SMILES string of the molecule is CC[C@]12c3c4ccc(O)c3O[C@H]1C(OC(=O)[C@H](O)[C@@H](O)C(=O)O[C@H](C(=O)O[C@@H](C)C(=O)O)c1ccccc1)=CC[C@@]2(O)[C@H](NC)C4. The van der Waals surface area contributed by atoms with E-state index in [-0.39, 0.29) is 29.2 Å². The minimum absolute atomic E-state index is 0.000318. The van der Waals surface area contributed by atoms with E-state index in [1.54, 1.807) is 19.2 Å². The van der Waals surface area contributed by atoms with Crippen LogP contribution >= 0.6 is 0 Å². The minimum Gasteiger partial charge on any atom is -0.504 e. The topological polar surface area (TPSA) is 218 Å². The molecule has 14 heteroatoms. The van der Waals surface area contributed by atoms with Crippen LogP contribution in [0.25, 0.3) is 0 Å². The zero-order valence-corrected chi connectivity index (χ0v) is 25.2. The quantitative estimate of drug-likeness (QED) is 0.146. The van der Waals surface area contributed by atoms with Crippen LogP contribution in [0, 0.1) is 0 Å². The second-order valence-electron chi connectivity index (χ2n) is 11.5. The van der Waals surface area contributed by atoms with E-state index in [0.717, 1.165) is 12.5 Å². The number of phenolic OH excluding ortho intramolecular Hbond substituents is 1. The first-order valence-electron chi connectivity index (χ1n) is 14.7. The Labute approximate surface area is 263 Å². The Morgan fingerprint density at radius 3 is 2.33 bits per heavy atom. The number of aliphatic hydroxyl groups is 3. The van der Waals surface area contributed by atoms with E-state index in [1.807, 2.05) is 6.92 Å². The number of hydrogen-bond acceptors (Lipinski definition) is 13. The van der Waals surface area contributed by atoms with E-state index in [2.05, 4.69) is 5.32 Å². The van der Waals surface area contributed by atoms with Gasteiger partial charge in [-0.05, 0) is 44.5 Å². The first kappa shape index (κ1) is 32.9. The molecule has 0 spiro atoms. The number of carbonyl (C=O) groups is 4. The minimum atomic E-state index is -2.54. The molecule has 2 aromatic rings. The van der Waals surface area contributed by atoms with Gasteiger partial charge >= 0.3 is 23.9 Å². The Morgan fingerprint density at radius 1 is 1.02 bits per heavy atom. The van der Waals surface area contributed by atoms with Gasteiger partial charge in [0.1, 0.15) is 5.76 Å². The van der Waals surface area contributed by atoms with Crippen molar-refractivity contribution in [2.75, 3.05) is 7.05 Å². The number of carbonyl (C=O) groups excluding carboxylic acids is 3. The van der Waals surface area contributed by atoms with Gasteiger partial charge < -0.3 is 49.8 Å². The van der Waals surface area contributed by atoms with Gasteiger partial charge in [0, 0.05) is 23.6 Å². The van der Waals surface area contributed by atoms with Crippen LogP contribution in [-0.4, -0.2) is 92.5 Å². The van der Waals surface area contributed by atoms with Gasteiger partial charge in [0.25, 0.3) is 0 Å². The number of hydrogen-bond donors (Lipinski definition) is 6. The lowest BCUT2D eigenvalue weighted by Crippen LogP contribution is -2.70. The fourth-order valence-electron chi connectivity index (χ4n) is 6.76. The van der Waals surface area contributed by atoms with Gasteiger partial charge in [-0.1, -0.05) is 43.3 Å². The molecule has 14 nitrogen and oxygen atoms in total. The molecule has 0 fully saturated rings. The molecule has 46 heavy (non-hydrogen) atoms. The molecule has 2 aliphatic carbocycles. The van der Waals surface area contributed by atoms with E-state index < -0.39 is 71.5 Å². The number of phenols is 1. The van der Waals surface area contributed by atoms with Gasteiger partial charge in [-0.3, -0.25) is 0 Å². The summed E-state index contributed by atoms with van der Waals surface area (Å²) in [5.41, 5.74) is -1.11. The Balaban J connectivity index is 1.36. The number of esters is 3. The smallest absolute Gasteiger partial charge is 0.353 e. The molecule has 5 rings (SSSR count). The van der Waals surface area contributed by atoms with E-state index >= 15 is 0 Å². The molecule has 0 aromatic heterocycles. The second kappa shape index (κ2) is 12.4. The van der Waals surface area contributed by atoms with Crippen LogP contribution in [0.3, 0.4) is 0 Å². The van der Waals surface area contributed by atoms with Gasteiger partial charge in [0.15, 0.2) is 35.9 Å². The fraction of sp³-hybridized carbons (Fsp3) is 0.438. The van der Waals surface area contributed by atoms with Crippen molar-refractivity contribution in [3.63, 3.8) is 0 Å². The lowest BCUT2D eigenvalue weighted by atomic mass is 9.52. The Morgan fingerprint density at radius 2 is 1.70 bits per heavy atom. The highest BCUT2D eigenvalue weighted by molar-refractivity contribution is 5.88. The first-order valence-corrected chi connectivity index (χ1v) is 14.7. The molecule has 0 radical (unpaired) electrons. The van der Waals surface area contributed by atoms with E-state index in [9.17, 15) is 39.6 Å². The molecule has 0 saturated carbocycles. The third-order valence-electron chi connectivity index (χ3n) is 9.10. The average molecular weight is 642 g/mol. The maximum atomic E-state index is 13.1. The van der Waals surface area contributed by atoms with Gasteiger partial charge in [0.05, 0.1) is 11.0 Å². The van der Waals surface area contributed by atoms with Crippen molar-refractivity contribution in [2.45, 2.75) is 80.7 Å². The number of likely N-dealkylation sites (N-methyl/N-ethyl adjacent to an activating group) is 1. The number of benzene rings is 2. The summed E-state index contributed by atoms with van der Waals surface area (Å²) in [7, 11) is 1.72. The van der Waals surface area contributed by atoms with Crippen molar-refractivity contribution in [3.05, 3.63) is 71.0 Å². The van der Waals surface area contributed by atoms with Crippen molar-refractivity contribution in [3.8, 4) is 11.5 Å². The summed E-state index contributed by atoms with van der Waals surface area (Å²) >= 11 is 0. The molecule has 0 saturated heterocycles. The summed E-state index contributed by atoms with van der Waals surface area (Å²) < 4.78 is 21.6. The van der Waals surface area contributed by atoms with Crippen LogP contribution in [0.5, 0.6) is 11.5 Å². The number of aliphatic hydroxyl groups excluding tert-OH is 2. The van der Waals surface area contributed by atoms with E-state index in [4.69, 9.17) is 24.1 Å². The van der Waals surface area contributed by atoms with Crippen LogP contribution in [0.1, 0.15) is 49.5 Å². The van der Waals surface area contributed by atoms with Crippen molar-refractivity contribution >= 4 is 23.9 Å². The summed E-state index contributed by atoms with van der Waals surface area (Å²) in [6.45, 7) is 2.91. The van der Waals surface area contributed by atoms with Crippen molar-refractivity contribution < 1.29 is 63.7 Å². The van der Waals surface area contributed by atoms with Crippen LogP contribution in [0.4, 0.5) is 0 Å². The number of aliphatic carboxylic acids is 1. The third kappa shape index (κ3) is 5.16. The fourth-order valence-corrected chi connectivity index (χ4v) is 6.76. The second-order valence-corrected chi connectivity index (χ2v) is 11.5. The highest BCUT2D eigenvalue weighted by Crippen LogP contribution is 2.63. The summed E-state index contributed by atoms with van der Waals surface area (Å²) in [4.78, 5) is 49.9. The maximum Gasteiger partial charge on any atom is 0.353 e. The molecular formula is C32H35NO13. The lowest BCUT2D eigenvalue weighted by Gasteiger charge is -2.56. The monoisotopic (exact) mass is 641 g/mol. The number of carboxylic acid groups (broad SMARTS) is 1.